The third-order valence-corrected chi connectivity index (χ3v) is 11.5. The molecule has 1 aromatic carbocycles. The van der Waals surface area contributed by atoms with E-state index >= 15 is 0 Å². The van der Waals surface area contributed by atoms with Crippen LogP contribution in [-0.2, 0) is 9.16 Å². The SMILES string of the molecule is CN(C)c1ccc(C(=O)OC[C@@H]2CC[N+]3=C(N2)N[C@H](CO[Si](C)(C)C(C)(C)C)CC3)cc1. The van der Waals surface area contributed by atoms with Gasteiger partial charge in [0, 0.05) is 32.6 Å². The Balaban J connectivity index is 1.49. The highest BCUT2D eigenvalue weighted by atomic mass is 28.4. The van der Waals surface area contributed by atoms with E-state index in [0.717, 1.165) is 44.2 Å². The van der Waals surface area contributed by atoms with E-state index in [4.69, 9.17) is 9.16 Å². The Labute approximate surface area is 194 Å². The molecule has 2 N–H and O–H groups in total. The van der Waals surface area contributed by atoms with Crippen LogP contribution in [0.25, 0.3) is 0 Å². The van der Waals surface area contributed by atoms with Crippen LogP contribution in [0.3, 0.4) is 0 Å². The third-order valence-electron chi connectivity index (χ3n) is 6.98. The van der Waals surface area contributed by atoms with Crippen LogP contribution < -0.4 is 15.5 Å². The summed E-state index contributed by atoms with van der Waals surface area (Å²) in [6.45, 7) is 14.5. The van der Waals surface area contributed by atoms with Gasteiger partial charge in [0.15, 0.2) is 8.32 Å². The molecule has 178 valence electrons. The van der Waals surface area contributed by atoms with Crippen LogP contribution in [0.4, 0.5) is 5.69 Å². The fourth-order valence-corrected chi connectivity index (χ4v) is 4.70. The van der Waals surface area contributed by atoms with E-state index in [2.05, 4.69) is 49.1 Å². The molecule has 0 spiro atoms. The Bertz CT molecular complexity index is 831. The summed E-state index contributed by atoms with van der Waals surface area (Å²) in [6.07, 6.45) is 2.02. The summed E-state index contributed by atoms with van der Waals surface area (Å²) in [7, 11) is 2.20. The van der Waals surface area contributed by atoms with Crippen LogP contribution in [0.15, 0.2) is 24.3 Å². The third kappa shape index (κ3) is 6.04. The van der Waals surface area contributed by atoms with E-state index in [9.17, 15) is 4.79 Å². The molecule has 0 radical (unpaired) electrons. The van der Waals surface area contributed by atoms with Gasteiger partial charge in [-0.1, -0.05) is 20.8 Å². The normalized spacial score (nSPS) is 21.3. The number of carbonyl (C=O) groups excluding carboxylic acids is 1. The number of esters is 1. The van der Waals surface area contributed by atoms with Crippen LogP contribution in [0.2, 0.25) is 18.1 Å². The van der Waals surface area contributed by atoms with Gasteiger partial charge in [0.2, 0.25) is 0 Å². The first-order valence-electron chi connectivity index (χ1n) is 11.7. The molecule has 0 saturated carbocycles. The number of nitrogens with zero attached hydrogens (tertiary/aromatic N) is 2. The fourth-order valence-electron chi connectivity index (χ4n) is 3.64. The van der Waals surface area contributed by atoms with Gasteiger partial charge in [0.25, 0.3) is 0 Å². The molecule has 0 amide bonds. The van der Waals surface area contributed by atoms with Crippen molar-refractivity contribution in [2.45, 2.75) is 63.8 Å². The average Bonchev–Trinajstić information content (AvgIpc) is 2.75. The van der Waals surface area contributed by atoms with E-state index in [1.165, 1.54) is 0 Å². The number of anilines is 1. The van der Waals surface area contributed by atoms with Crippen LogP contribution in [0.1, 0.15) is 44.0 Å². The quantitative estimate of drug-likeness (QED) is 0.370. The number of hydrogen-bond acceptors (Lipinski definition) is 6. The van der Waals surface area contributed by atoms with Gasteiger partial charge in [0.1, 0.15) is 12.6 Å². The van der Waals surface area contributed by atoms with E-state index in [0.29, 0.717) is 18.2 Å². The Kier molecular flexibility index (Phi) is 7.55. The number of benzene rings is 1. The highest BCUT2D eigenvalue weighted by Gasteiger charge is 2.39. The molecule has 0 fully saturated rings. The van der Waals surface area contributed by atoms with E-state index in [-0.39, 0.29) is 17.0 Å². The molecular formula is C24H41N4O3Si+. The van der Waals surface area contributed by atoms with Gasteiger partial charge in [-0.25, -0.2) is 4.79 Å². The Morgan fingerprint density at radius 1 is 1.06 bits per heavy atom. The van der Waals surface area contributed by atoms with Crippen molar-refractivity contribution in [1.82, 2.24) is 10.6 Å². The highest BCUT2D eigenvalue weighted by Crippen LogP contribution is 2.36. The van der Waals surface area contributed by atoms with Gasteiger partial charge < -0.3 is 14.1 Å². The second-order valence-electron chi connectivity index (χ2n) is 10.7. The van der Waals surface area contributed by atoms with Gasteiger partial charge in [-0.2, -0.15) is 0 Å². The van der Waals surface area contributed by atoms with Gasteiger partial charge in [-0.3, -0.25) is 15.2 Å². The molecule has 2 aliphatic heterocycles. The lowest BCUT2D eigenvalue weighted by Crippen LogP contribution is -2.61. The second-order valence-corrected chi connectivity index (χ2v) is 15.5. The largest absolute Gasteiger partial charge is 0.458 e. The summed E-state index contributed by atoms with van der Waals surface area (Å²) in [5, 5.41) is 7.39. The number of guanidine groups is 1. The molecular weight excluding hydrogens is 420 g/mol. The van der Waals surface area contributed by atoms with Crippen molar-refractivity contribution < 1.29 is 18.5 Å². The Morgan fingerprint density at radius 2 is 1.62 bits per heavy atom. The first-order chi connectivity index (χ1) is 15.0. The predicted octanol–water partition coefficient (Wildman–Crippen LogP) is 3.02. The highest BCUT2D eigenvalue weighted by molar-refractivity contribution is 6.74. The molecule has 0 bridgehead atoms. The lowest BCUT2D eigenvalue weighted by atomic mass is 10.1. The number of rotatable bonds is 7. The average molecular weight is 462 g/mol. The molecule has 2 aliphatic rings. The maximum absolute atomic E-state index is 12.5. The monoisotopic (exact) mass is 461 g/mol. The first kappa shape index (κ1) is 24.6. The summed E-state index contributed by atoms with van der Waals surface area (Å²) in [5.41, 5.74) is 1.64. The van der Waals surface area contributed by atoms with Gasteiger partial charge in [-0.15, -0.1) is 0 Å². The topological polar surface area (TPSA) is 65.8 Å². The van der Waals surface area contributed by atoms with Crippen LogP contribution in [0.5, 0.6) is 0 Å². The lowest BCUT2D eigenvalue weighted by Gasteiger charge is -2.38. The minimum atomic E-state index is -1.76. The van der Waals surface area contributed by atoms with Crippen molar-refractivity contribution in [3.8, 4) is 0 Å². The molecule has 3 rings (SSSR count). The summed E-state index contributed by atoms with van der Waals surface area (Å²) < 4.78 is 14.4. The zero-order chi connectivity index (χ0) is 23.5. The Hall–Kier alpha value is -2.06. The number of nitrogens with one attached hydrogen (secondary N) is 2. The zero-order valence-electron chi connectivity index (χ0n) is 20.8. The van der Waals surface area contributed by atoms with Crippen molar-refractivity contribution in [1.29, 1.82) is 0 Å². The van der Waals surface area contributed by atoms with E-state index < -0.39 is 8.32 Å². The smallest absolute Gasteiger partial charge is 0.346 e. The molecule has 0 aromatic heterocycles. The van der Waals surface area contributed by atoms with Crippen molar-refractivity contribution in [3.05, 3.63) is 29.8 Å². The summed E-state index contributed by atoms with van der Waals surface area (Å²) in [6, 6.07) is 7.91. The number of carbonyl (C=O) groups is 1. The lowest BCUT2D eigenvalue weighted by molar-refractivity contribution is -0.542. The molecule has 32 heavy (non-hydrogen) atoms. The molecule has 0 aliphatic carbocycles. The number of hydrogen-bond donors (Lipinski definition) is 2. The standard InChI is InChI=1S/C24H40N4O3Si/c1-24(2,3)32(6,7)31-17-20-13-15-28-14-12-19(25-23(28)26-20)16-30-22(29)18-8-10-21(11-9-18)27(4)5/h8-11,19-20H,12-17H2,1-7H3,(H,25,26)/p+1/t19-,20-/m0/s1. The van der Waals surface area contributed by atoms with Crippen molar-refractivity contribution in [3.63, 3.8) is 0 Å². The predicted molar refractivity (Wildman–Crippen MR) is 132 cm³/mol. The molecule has 2 atom stereocenters. The van der Waals surface area contributed by atoms with Crippen LogP contribution in [0, 0.1) is 0 Å². The summed E-state index contributed by atoms with van der Waals surface area (Å²) in [4.78, 5) is 14.5. The first-order valence-corrected chi connectivity index (χ1v) is 14.6. The molecule has 7 nitrogen and oxygen atoms in total. The van der Waals surface area contributed by atoms with E-state index in [1.54, 1.807) is 0 Å². The molecule has 8 heteroatoms. The number of ether oxygens (including phenoxy) is 1. The van der Waals surface area contributed by atoms with Gasteiger partial charge in [0.05, 0.1) is 31.3 Å². The summed E-state index contributed by atoms with van der Waals surface area (Å²) in [5.74, 6) is 0.768. The van der Waals surface area contributed by atoms with Crippen LogP contribution >= 0.6 is 0 Å². The Morgan fingerprint density at radius 3 is 2.16 bits per heavy atom. The second kappa shape index (κ2) is 9.83. The molecule has 0 unspecified atom stereocenters. The van der Waals surface area contributed by atoms with Crippen LogP contribution in [-0.4, -0.2) is 77.3 Å². The van der Waals surface area contributed by atoms with Gasteiger partial charge in [-0.05, 0) is 42.4 Å². The van der Waals surface area contributed by atoms with Crippen molar-refractivity contribution >= 4 is 25.9 Å². The van der Waals surface area contributed by atoms with E-state index in [1.807, 2.05) is 43.3 Å². The minimum absolute atomic E-state index is 0.110. The zero-order valence-corrected chi connectivity index (χ0v) is 21.8. The van der Waals surface area contributed by atoms with Crippen molar-refractivity contribution in [2.75, 3.05) is 45.3 Å². The molecule has 2 heterocycles. The molecule has 1 aromatic rings. The maximum atomic E-state index is 12.5. The molecule has 0 saturated heterocycles. The van der Waals surface area contributed by atoms with Crippen molar-refractivity contribution in [2.24, 2.45) is 0 Å². The fraction of sp³-hybridized carbons (Fsp3) is 0.667. The summed E-state index contributed by atoms with van der Waals surface area (Å²) >= 11 is 0. The maximum Gasteiger partial charge on any atom is 0.346 e. The van der Waals surface area contributed by atoms with Gasteiger partial charge >= 0.3 is 11.9 Å². The minimum Gasteiger partial charge on any atom is -0.458 e.